The molecule has 0 heterocycles. The van der Waals surface area contributed by atoms with E-state index < -0.39 is 0 Å². The third-order valence-corrected chi connectivity index (χ3v) is 3.11. The molecule has 104 valence electrons. The van der Waals surface area contributed by atoms with Gasteiger partial charge >= 0.3 is 0 Å². The Morgan fingerprint density at radius 1 is 1.15 bits per heavy atom. The monoisotopic (exact) mass is 289 g/mol. The first kappa shape index (κ1) is 14.4. The molecule has 2 rings (SSSR count). The lowest BCUT2D eigenvalue weighted by molar-refractivity contribution is -0.118. The summed E-state index contributed by atoms with van der Waals surface area (Å²) in [5.41, 5.74) is 1.94. The van der Waals surface area contributed by atoms with Crippen LogP contribution in [0.3, 0.4) is 0 Å². The Hall–Kier alpha value is -2.00. The van der Waals surface area contributed by atoms with Crippen LogP contribution in [0, 0.1) is 0 Å². The summed E-state index contributed by atoms with van der Waals surface area (Å²) >= 11 is 5.78. The van der Waals surface area contributed by atoms with E-state index in [9.17, 15) is 4.79 Å². The average molecular weight is 290 g/mol. The highest BCUT2D eigenvalue weighted by atomic mass is 35.5. The fourth-order valence-corrected chi connectivity index (χ4v) is 1.94. The molecule has 0 aliphatic rings. The summed E-state index contributed by atoms with van der Waals surface area (Å²) in [6, 6.07) is 14.6. The lowest BCUT2D eigenvalue weighted by Gasteiger charge is -2.10. The summed E-state index contributed by atoms with van der Waals surface area (Å²) in [7, 11) is 0. The van der Waals surface area contributed by atoms with Crippen LogP contribution in [0.25, 0.3) is 0 Å². The number of ether oxygens (including phenoxy) is 1. The van der Waals surface area contributed by atoms with Crippen molar-refractivity contribution in [3.05, 3.63) is 59.1 Å². The maximum absolute atomic E-state index is 11.9. The minimum Gasteiger partial charge on any atom is -0.484 e. The van der Waals surface area contributed by atoms with Crippen molar-refractivity contribution in [3.8, 4) is 5.75 Å². The summed E-state index contributed by atoms with van der Waals surface area (Å²) in [4.78, 5) is 11.9. The van der Waals surface area contributed by atoms with Crippen LogP contribution in [0.1, 0.15) is 12.5 Å². The number of para-hydroxylation sites is 1. The number of carbonyl (C=O) groups excluding carboxylic acids is 1. The number of benzene rings is 2. The van der Waals surface area contributed by atoms with Crippen LogP contribution < -0.4 is 10.1 Å². The molecule has 0 saturated heterocycles. The molecule has 1 N–H and O–H groups in total. The lowest BCUT2D eigenvalue weighted by Crippen LogP contribution is -2.20. The summed E-state index contributed by atoms with van der Waals surface area (Å²) < 4.78 is 5.40. The zero-order valence-electron chi connectivity index (χ0n) is 11.2. The van der Waals surface area contributed by atoms with Gasteiger partial charge in [-0.2, -0.15) is 0 Å². The molecule has 0 saturated carbocycles. The van der Waals surface area contributed by atoms with Gasteiger partial charge in [-0.25, -0.2) is 0 Å². The van der Waals surface area contributed by atoms with Crippen LogP contribution in [-0.4, -0.2) is 12.5 Å². The van der Waals surface area contributed by atoms with Crippen LogP contribution in [0.4, 0.5) is 5.69 Å². The summed E-state index contributed by atoms with van der Waals surface area (Å²) in [6.07, 6.45) is 0.870. The number of halogens is 1. The average Bonchev–Trinajstić information content (AvgIpc) is 2.47. The molecule has 0 spiro atoms. The van der Waals surface area contributed by atoms with Crippen molar-refractivity contribution in [3.63, 3.8) is 0 Å². The molecular formula is C16H16ClNO2. The first-order valence-corrected chi connectivity index (χ1v) is 6.83. The number of carbonyl (C=O) groups is 1. The topological polar surface area (TPSA) is 38.3 Å². The van der Waals surface area contributed by atoms with Gasteiger partial charge in [0.2, 0.25) is 0 Å². The zero-order valence-corrected chi connectivity index (χ0v) is 12.0. The normalized spacial score (nSPS) is 10.1. The molecule has 0 radical (unpaired) electrons. The first-order chi connectivity index (χ1) is 9.69. The van der Waals surface area contributed by atoms with E-state index in [4.69, 9.17) is 16.3 Å². The van der Waals surface area contributed by atoms with Crippen molar-refractivity contribution in [2.75, 3.05) is 11.9 Å². The van der Waals surface area contributed by atoms with Crippen molar-refractivity contribution < 1.29 is 9.53 Å². The SMILES string of the molecule is CCc1ccccc1NC(=O)COc1ccc(Cl)cc1. The van der Waals surface area contributed by atoms with Crippen molar-refractivity contribution in [1.82, 2.24) is 0 Å². The van der Waals surface area contributed by atoms with E-state index in [0.717, 1.165) is 17.7 Å². The smallest absolute Gasteiger partial charge is 0.262 e. The number of amides is 1. The predicted molar refractivity (Wildman–Crippen MR) is 81.4 cm³/mol. The van der Waals surface area contributed by atoms with Crippen LogP contribution in [-0.2, 0) is 11.2 Å². The Bertz CT molecular complexity index is 581. The molecule has 1 amide bonds. The van der Waals surface area contributed by atoms with Gasteiger partial charge in [-0.15, -0.1) is 0 Å². The Morgan fingerprint density at radius 3 is 2.55 bits per heavy atom. The van der Waals surface area contributed by atoms with Gasteiger partial charge in [0.05, 0.1) is 0 Å². The van der Waals surface area contributed by atoms with E-state index in [2.05, 4.69) is 12.2 Å². The van der Waals surface area contributed by atoms with Crippen molar-refractivity contribution in [2.24, 2.45) is 0 Å². The Labute approximate surface area is 123 Å². The van der Waals surface area contributed by atoms with Gasteiger partial charge in [-0.1, -0.05) is 36.7 Å². The zero-order chi connectivity index (χ0) is 14.4. The van der Waals surface area contributed by atoms with Gasteiger partial charge in [0.25, 0.3) is 5.91 Å². The fourth-order valence-electron chi connectivity index (χ4n) is 1.82. The third-order valence-electron chi connectivity index (χ3n) is 2.86. The van der Waals surface area contributed by atoms with Gasteiger partial charge < -0.3 is 10.1 Å². The maximum Gasteiger partial charge on any atom is 0.262 e. The maximum atomic E-state index is 11.9. The van der Waals surface area contributed by atoms with E-state index in [-0.39, 0.29) is 12.5 Å². The minimum atomic E-state index is -0.180. The summed E-state index contributed by atoms with van der Waals surface area (Å²) in [5.74, 6) is 0.439. The first-order valence-electron chi connectivity index (χ1n) is 6.45. The Balaban J connectivity index is 1.91. The van der Waals surface area contributed by atoms with Gasteiger partial charge in [0.1, 0.15) is 5.75 Å². The minimum absolute atomic E-state index is 0.0281. The molecule has 0 bridgehead atoms. The summed E-state index contributed by atoms with van der Waals surface area (Å²) in [5, 5.41) is 3.49. The quantitative estimate of drug-likeness (QED) is 0.906. The molecule has 0 unspecified atom stereocenters. The van der Waals surface area contributed by atoms with Crippen molar-refractivity contribution in [1.29, 1.82) is 0 Å². The van der Waals surface area contributed by atoms with Gasteiger partial charge in [0, 0.05) is 10.7 Å². The molecule has 0 aliphatic heterocycles. The molecule has 3 nitrogen and oxygen atoms in total. The fraction of sp³-hybridized carbons (Fsp3) is 0.188. The molecule has 4 heteroatoms. The number of aryl methyl sites for hydroxylation is 1. The van der Waals surface area contributed by atoms with Gasteiger partial charge in [-0.05, 0) is 42.3 Å². The number of hydrogen-bond donors (Lipinski definition) is 1. The largest absolute Gasteiger partial charge is 0.484 e. The molecule has 2 aromatic carbocycles. The summed E-state index contributed by atoms with van der Waals surface area (Å²) in [6.45, 7) is 2.02. The highest BCUT2D eigenvalue weighted by Gasteiger charge is 2.06. The van der Waals surface area contributed by atoms with E-state index >= 15 is 0 Å². The van der Waals surface area contributed by atoms with Gasteiger partial charge in [-0.3, -0.25) is 4.79 Å². The molecule has 20 heavy (non-hydrogen) atoms. The van der Waals surface area contributed by atoms with E-state index in [1.54, 1.807) is 24.3 Å². The lowest BCUT2D eigenvalue weighted by atomic mass is 10.1. The van der Waals surface area contributed by atoms with Crippen LogP contribution in [0.15, 0.2) is 48.5 Å². The highest BCUT2D eigenvalue weighted by Crippen LogP contribution is 2.17. The van der Waals surface area contributed by atoms with Crippen LogP contribution >= 0.6 is 11.6 Å². The van der Waals surface area contributed by atoms with E-state index in [1.165, 1.54) is 0 Å². The highest BCUT2D eigenvalue weighted by molar-refractivity contribution is 6.30. The second-order valence-electron chi connectivity index (χ2n) is 4.30. The molecule has 0 aromatic heterocycles. The number of rotatable bonds is 5. The second-order valence-corrected chi connectivity index (χ2v) is 4.74. The van der Waals surface area contributed by atoms with Crippen LogP contribution in [0.2, 0.25) is 5.02 Å². The van der Waals surface area contributed by atoms with E-state index in [1.807, 2.05) is 24.3 Å². The number of anilines is 1. The molecular weight excluding hydrogens is 274 g/mol. The Morgan fingerprint density at radius 2 is 1.85 bits per heavy atom. The Kier molecular flexibility index (Phi) is 5.02. The second kappa shape index (κ2) is 6.96. The van der Waals surface area contributed by atoms with Crippen molar-refractivity contribution >= 4 is 23.2 Å². The number of hydrogen-bond acceptors (Lipinski definition) is 2. The number of nitrogens with one attached hydrogen (secondary N) is 1. The van der Waals surface area contributed by atoms with Crippen LogP contribution in [0.5, 0.6) is 5.75 Å². The van der Waals surface area contributed by atoms with Gasteiger partial charge in [0.15, 0.2) is 6.61 Å². The molecule has 0 atom stereocenters. The molecule has 0 fully saturated rings. The standard InChI is InChI=1S/C16H16ClNO2/c1-2-12-5-3-4-6-15(12)18-16(19)11-20-14-9-7-13(17)8-10-14/h3-10H,2,11H2,1H3,(H,18,19). The molecule has 2 aromatic rings. The van der Waals surface area contributed by atoms with Crippen molar-refractivity contribution in [2.45, 2.75) is 13.3 Å². The predicted octanol–water partition coefficient (Wildman–Crippen LogP) is 3.92. The third kappa shape index (κ3) is 4.00. The van der Waals surface area contributed by atoms with E-state index in [0.29, 0.717) is 10.8 Å². The molecule has 0 aliphatic carbocycles.